The molecule has 0 aliphatic rings. The Bertz CT molecular complexity index is 1140. The number of benzene rings is 1. The van der Waals surface area contributed by atoms with E-state index in [1.165, 1.54) is 16.6 Å². The van der Waals surface area contributed by atoms with Crippen molar-refractivity contribution in [3.05, 3.63) is 56.9 Å². The van der Waals surface area contributed by atoms with Gasteiger partial charge < -0.3 is 19.9 Å². The largest absolute Gasteiger partial charge is 0.325 e. The zero-order chi connectivity index (χ0) is 18.8. The van der Waals surface area contributed by atoms with Crippen molar-refractivity contribution in [1.29, 1.82) is 0 Å². The van der Waals surface area contributed by atoms with E-state index in [-0.39, 0.29) is 17.3 Å². The van der Waals surface area contributed by atoms with Crippen molar-refractivity contribution < 1.29 is 4.79 Å². The van der Waals surface area contributed by atoms with E-state index in [1.54, 1.807) is 29.5 Å². The summed E-state index contributed by atoms with van der Waals surface area (Å²) in [5.41, 5.74) is 1.70. The van der Waals surface area contributed by atoms with Crippen molar-refractivity contribution in [2.45, 2.75) is 11.6 Å². The average Bonchev–Trinajstić information content (AvgIpc) is 3.35. The number of rotatable bonds is 6. The molecule has 10 heteroatoms. The Morgan fingerprint density at radius 2 is 2.11 bits per heavy atom. The first kappa shape index (κ1) is 17.6. The van der Waals surface area contributed by atoms with Crippen molar-refractivity contribution in [3.8, 4) is 0 Å². The van der Waals surface area contributed by atoms with Crippen LogP contribution in [0.5, 0.6) is 0 Å². The number of H-pyrrole nitrogens is 2. The van der Waals surface area contributed by atoms with Crippen LogP contribution in [0.3, 0.4) is 0 Å². The number of aromatic amines is 2. The van der Waals surface area contributed by atoms with Crippen LogP contribution in [0.2, 0.25) is 0 Å². The van der Waals surface area contributed by atoms with Gasteiger partial charge in [-0.3, -0.25) is 4.79 Å². The standard InChI is InChI=1S/C17H16N6O2S2/c1-23-14(8-11-3-2-6-26-11)21-22-17(23)27-9-15(24)18-10-4-5-12-13(7-10)20-16(25)19-12/h2-7H,8-9H2,1H3,(H,18,24)(H2,19,20,25). The van der Waals surface area contributed by atoms with Crippen molar-refractivity contribution in [1.82, 2.24) is 24.7 Å². The number of imidazole rings is 1. The van der Waals surface area contributed by atoms with E-state index in [4.69, 9.17) is 0 Å². The van der Waals surface area contributed by atoms with E-state index in [0.29, 0.717) is 21.9 Å². The monoisotopic (exact) mass is 400 g/mol. The van der Waals surface area contributed by atoms with Crippen molar-refractivity contribution in [2.75, 3.05) is 11.1 Å². The molecule has 4 aromatic rings. The highest BCUT2D eigenvalue weighted by Crippen LogP contribution is 2.20. The molecule has 0 aliphatic carbocycles. The highest BCUT2D eigenvalue weighted by atomic mass is 32.2. The number of carbonyl (C=O) groups is 1. The fourth-order valence-corrected chi connectivity index (χ4v) is 4.06. The number of hydrogen-bond acceptors (Lipinski definition) is 6. The number of anilines is 1. The van der Waals surface area contributed by atoms with E-state index < -0.39 is 0 Å². The SMILES string of the molecule is Cn1c(Cc2cccs2)nnc1SCC(=O)Nc1ccc2[nH]c(=O)[nH]c2c1. The lowest BCUT2D eigenvalue weighted by Crippen LogP contribution is -2.14. The third-order valence-corrected chi connectivity index (χ3v) is 5.87. The third-order valence-electron chi connectivity index (χ3n) is 3.97. The highest BCUT2D eigenvalue weighted by molar-refractivity contribution is 7.99. The van der Waals surface area contributed by atoms with Gasteiger partial charge in [0.25, 0.3) is 0 Å². The van der Waals surface area contributed by atoms with E-state index in [1.807, 2.05) is 23.1 Å². The molecule has 3 heterocycles. The molecule has 0 aliphatic heterocycles. The van der Waals surface area contributed by atoms with Crippen LogP contribution in [0.25, 0.3) is 11.0 Å². The second-order valence-electron chi connectivity index (χ2n) is 5.89. The summed E-state index contributed by atoms with van der Waals surface area (Å²) in [6.07, 6.45) is 0.725. The normalized spacial score (nSPS) is 11.1. The first-order valence-electron chi connectivity index (χ1n) is 8.14. The van der Waals surface area contributed by atoms with Gasteiger partial charge in [-0.05, 0) is 29.6 Å². The Hall–Kier alpha value is -2.85. The minimum atomic E-state index is -0.273. The van der Waals surface area contributed by atoms with Crippen LogP contribution in [0.15, 0.2) is 45.7 Å². The fraction of sp³-hybridized carbons (Fsp3) is 0.176. The van der Waals surface area contributed by atoms with Gasteiger partial charge in [0.1, 0.15) is 5.82 Å². The number of nitrogens with zero attached hydrogens (tertiary/aromatic N) is 3. The van der Waals surface area contributed by atoms with Crippen LogP contribution in [-0.2, 0) is 18.3 Å². The summed E-state index contributed by atoms with van der Waals surface area (Å²) in [5.74, 6) is 0.925. The number of aromatic nitrogens is 5. The summed E-state index contributed by atoms with van der Waals surface area (Å²) in [4.78, 5) is 30.1. The van der Waals surface area contributed by atoms with Gasteiger partial charge in [0.15, 0.2) is 5.16 Å². The Balaban J connectivity index is 1.37. The summed E-state index contributed by atoms with van der Waals surface area (Å²) >= 11 is 3.01. The number of hydrogen-bond donors (Lipinski definition) is 3. The molecule has 0 spiro atoms. The molecule has 0 bridgehead atoms. The Labute approximate surface area is 162 Å². The van der Waals surface area contributed by atoms with Crippen LogP contribution in [0.4, 0.5) is 5.69 Å². The molecule has 1 aromatic carbocycles. The molecule has 138 valence electrons. The molecule has 3 aromatic heterocycles. The highest BCUT2D eigenvalue weighted by Gasteiger charge is 2.12. The third kappa shape index (κ3) is 3.96. The first-order valence-corrected chi connectivity index (χ1v) is 10.0. The Kier molecular flexibility index (Phi) is 4.82. The molecular weight excluding hydrogens is 384 g/mol. The van der Waals surface area contributed by atoms with E-state index in [2.05, 4.69) is 31.5 Å². The van der Waals surface area contributed by atoms with E-state index in [9.17, 15) is 9.59 Å². The minimum absolute atomic E-state index is 0.153. The number of thiophene rings is 1. The summed E-state index contributed by atoms with van der Waals surface area (Å²) in [6.45, 7) is 0. The lowest BCUT2D eigenvalue weighted by molar-refractivity contribution is -0.113. The second-order valence-corrected chi connectivity index (χ2v) is 7.87. The van der Waals surface area contributed by atoms with Gasteiger partial charge in [-0.15, -0.1) is 21.5 Å². The Morgan fingerprint density at radius 3 is 2.93 bits per heavy atom. The maximum Gasteiger partial charge on any atom is 0.323 e. The molecule has 0 radical (unpaired) electrons. The maximum absolute atomic E-state index is 12.2. The summed E-state index contributed by atoms with van der Waals surface area (Å²) in [5, 5.41) is 13.9. The number of carbonyl (C=O) groups excluding carboxylic acids is 1. The van der Waals surface area contributed by atoms with Crippen LogP contribution in [0, 0.1) is 0 Å². The lowest BCUT2D eigenvalue weighted by atomic mass is 10.3. The maximum atomic E-state index is 12.2. The smallest absolute Gasteiger partial charge is 0.323 e. The first-order chi connectivity index (χ1) is 13.1. The molecule has 4 rings (SSSR count). The molecule has 0 unspecified atom stereocenters. The quantitative estimate of drug-likeness (QED) is 0.431. The molecule has 3 N–H and O–H groups in total. The fourth-order valence-electron chi connectivity index (χ4n) is 2.63. The number of fused-ring (bicyclic) bond motifs is 1. The van der Waals surface area contributed by atoms with Gasteiger partial charge in [0.05, 0.1) is 16.8 Å². The lowest BCUT2D eigenvalue weighted by Gasteiger charge is -2.05. The van der Waals surface area contributed by atoms with Gasteiger partial charge in [-0.25, -0.2) is 4.79 Å². The van der Waals surface area contributed by atoms with Crippen LogP contribution in [-0.4, -0.2) is 36.4 Å². The molecular formula is C17H16N6O2S2. The van der Waals surface area contributed by atoms with Gasteiger partial charge in [-0.2, -0.15) is 0 Å². The topological polar surface area (TPSA) is 108 Å². The summed E-state index contributed by atoms with van der Waals surface area (Å²) in [7, 11) is 1.90. The molecule has 0 saturated heterocycles. The van der Waals surface area contributed by atoms with E-state index >= 15 is 0 Å². The van der Waals surface area contributed by atoms with Crippen molar-refractivity contribution >= 4 is 45.7 Å². The van der Waals surface area contributed by atoms with Gasteiger partial charge in [0.2, 0.25) is 5.91 Å². The number of nitrogens with one attached hydrogen (secondary N) is 3. The van der Waals surface area contributed by atoms with Crippen LogP contribution < -0.4 is 11.0 Å². The zero-order valence-electron chi connectivity index (χ0n) is 14.4. The minimum Gasteiger partial charge on any atom is -0.325 e. The van der Waals surface area contributed by atoms with Crippen molar-refractivity contribution in [2.24, 2.45) is 7.05 Å². The summed E-state index contributed by atoms with van der Waals surface area (Å²) in [6, 6.07) is 9.29. The predicted molar refractivity (Wildman–Crippen MR) is 106 cm³/mol. The van der Waals surface area contributed by atoms with Crippen molar-refractivity contribution in [3.63, 3.8) is 0 Å². The average molecular weight is 400 g/mol. The summed E-state index contributed by atoms with van der Waals surface area (Å²) < 4.78 is 1.91. The zero-order valence-corrected chi connectivity index (χ0v) is 16.0. The molecule has 8 nitrogen and oxygen atoms in total. The number of thioether (sulfide) groups is 1. The second kappa shape index (κ2) is 7.41. The molecule has 0 atom stereocenters. The predicted octanol–water partition coefficient (Wildman–Crippen LogP) is 2.37. The Morgan fingerprint density at radius 1 is 1.26 bits per heavy atom. The number of amides is 1. The molecule has 0 saturated carbocycles. The van der Waals surface area contributed by atoms with E-state index in [0.717, 1.165) is 12.2 Å². The molecule has 0 fully saturated rings. The van der Waals surface area contributed by atoms with Gasteiger partial charge in [-0.1, -0.05) is 17.8 Å². The van der Waals surface area contributed by atoms with Gasteiger partial charge >= 0.3 is 5.69 Å². The van der Waals surface area contributed by atoms with Crippen LogP contribution in [0.1, 0.15) is 10.7 Å². The van der Waals surface area contributed by atoms with Gasteiger partial charge in [0, 0.05) is 24.0 Å². The molecule has 27 heavy (non-hydrogen) atoms. The van der Waals surface area contributed by atoms with Crippen LogP contribution >= 0.6 is 23.1 Å². The molecule has 1 amide bonds.